The number of hydrogen-bond acceptors (Lipinski definition) is 3. The Kier molecular flexibility index (Phi) is 3.60. The third-order valence-electron chi connectivity index (χ3n) is 3.55. The van der Waals surface area contributed by atoms with Crippen LogP contribution in [0, 0.1) is 0 Å². The largest absolute Gasteiger partial charge is 0.507 e. The van der Waals surface area contributed by atoms with E-state index < -0.39 is 11.7 Å². The van der Waals surface area contributed by atoms with Crippen LogP contribution in [0.3, 0.4) is 0 Å². The Hall–Kier alpha value is -2.76. The number of phenols is 1. The van der Waals surface area contributed by atoms with E-state index in [9.17, 15) is 18.3 Å². The number of rotatable bonds is 2. The maximum atomic E-state index is 12.9. The average Bonchev–Trinajstić information content (AvgIpc) is 2.53. The number of benzene rings is 2. The molecule has 0 spiro atoms. The first-order chi connectivity index (χ1) is 10.9. The molecule has 23 heavy (non-hydrogen) atoms. The zero-order valence-corrected chi connectivity index (χ0v) is 12.1. The molecule has 1 N–H and O–H groups in total. The van der Waals surface area contributed by atoms with Crippen molar-refractivity contribution < 1.29 is 23.0 Å². The van der Waals surface area contributed by atoms with Crippen molar-refractivity contribution in [1.29, 1.82) is 0 Å². The third kappa shape index (κ3) is 2.67. The summed E-state index contributed by atoms with van der Waals surface area (Å²) in [6, 6.07) is 9.70. The van der Waals surface area contributed by atoms with Crippen molar-refractivity contribution >= 4 is 10.8 Å². The molecule has 0 saturated carbocycles. The Morgan fingerprint density at radius 3 is 2.52 bits per heavy atom. The molecular formula is C17H12F3NO2. The predicted molar refractivity (Wildman–Crippen MR) is 80.4 cm³/mol. The van der Waals surface area contributed by atoms with Gasteiger partial charge in [-0.3, -0.25) is 0 Å². The van der Waals surface area contributed by atoms with Crippen LogP contribution in [0.2, 0.25) is 0 Å². The summed E-state index contributed by atoms with van der Waals surface area (Å²) in [6.45, 7) is 0. The van der Waals surface area contributed by atoms with Crippen LogP contribution in [0.4, 0.5) is 13.2 Å². The molecule has 3 aromatic rings. The van der Waals surface area contributed by atoms with Crippen LogP contribution in [0.5, 0.6) is 11.6 Å². The number of aromatic hydroxyl groups is 1. The topological polar surface area (TPSA) is 42.4 Å². The molecule has 0 bridgehead atoms. The number of methoxy groups -OCH3 is 1. The Morgan fingerprint density at radius 2 is 1.83 bits per heavy atom. The highest BCUT2D eigenvalue weighted by molar-refractivity contribution is 6.02. The fraction of sp³-hybridized carbons (Fsp3) is 0.118. The van der Waals surface area contributed by atoms with Crippen molar-refractivity contribution in [1.82, 2.24) is 4.98 Å². The van der Waals surface area contributed by atoms with E-state index in [0.717, 1.165) is 12.1 Å². The molecule has 3 rings (SSSR count). The van der Waals surface area contributed by atoms with E-state index in [1.165, 1.54) is 25.4 Å². The van der Waals surface area contributed by atoms with Crippen LogP contribution in [-0.2, 0) is 6.18 Å². The average molecular weight is 319 g/mol. The van der Waals surface area contributed by atoms with Crippen molar-refractivity contribution in [3.63, 3.8) is 0 Å². The van der Waals surface area contributed by atoms with Gasteiger partial charge in [0, 0.05) is 22.5 Å². The Balaban J connectivity index is 2.30. The summed E-state index contributed by atoms with van der Waals surface area (Å²) in [7, 11) is 1.44. The van der Waals surface area contributed by atoms with Crippen LogP contribution in [0.1, 0.15) is 5.56 Å². The van der Waals surface area contributed by atoms with Crippen LogP contribution in [0.15, 0.2) is 48.7 Å². The van der Waals surface area contributed by atoms with E-state index in [0.29, 0.717) is 27.8 Å². The molecule has 0 atom stereocenters. The number of ether oxygens (including phenoxy) is 1. The van der Waals surface area contributed by atoms with E-state index in [1.54, 1.807) is 18.2 Å². The van der Waals surface area contributed by atoms with Gasteiger partial charge in [0.15, 0.2) is 0 Å². The molecule has 118 valence electrons. The highest BCUT2D eigenvalue weighted by Crippen LogP contribution is 2.39. The zero-order chi connectivity index (χ0) is 16.6. The van der Waals surface area contributed by atoms with Gasteiger partial charge >= 0.3 is 6.18 Å². The summed E-state index contributed by atoms with van der Waals surface area (Å²) in [6.07, 6.45) is -3.04. The quantitative estimate of drug-likeness (QED) is 0.748. The second kappa shape index (κ2) is 5.46. The number of phenolic OH excluding ortho intramolecular Hbond substituents is 1. The number of aromatic nitrogens is 1. The van der Waals surface area contributed by atoms with Gasteiger partial charge in [0.05, 0.1) is 12.7 Å². The molecule has 0 aliphatic carbocycles. The monoisotopic (exact) mass is 319 g/mol. The lowest BCUT2D eigenvalue weighted by molar-refractivity contribution is -0.137. The lowest BCUT2D eigenvalue weighted by atomic mass is 9.98. The minimum atomic E-state index is -4.44. The number of fused-ring (bicyclic) bond motifs is 1. The fourth-order valence-corrected chi connectivity index (χ4v) is 2.50. The number of halogens is 3. The van der Waals surface area contributed by atoms with Gasteiger partial charge in [-0.05, 0) is 29.8 Å². The van der Waals surface area contributed by atoms with Gasteiger partial charge in [-0.2, -0.15) is 13.2 Å². The summed E-state index contributed by atoms with van der Waals surface area (Å²) in [5.41, 5.74) is -0.0270. The highest BCUT2D eigenvalue weighted by atomic mass is 19.4. The number of hydrogen-bond donors (Lipinski definition) is 1. The number of alkyl halides is 3. The van der Waals surface area contributed by atoms with Gasteiger partial charge in [-0.25, -0.2) is 4.98 Å². The molecule has 0 radical (unpaired) electrons. The molecule has 0 saturated heterocycles. The summed E-state index contributed by atoms with van der Waals surface area (Å²) < 4.78 is 43.9. The molecule has 6 heteroatoms. The summed E-state index contributed by atoms with van der Waals surface area (Å²) in [5.74, 6) is 0.252. The van der Waals surface area contributed by atoms with Crippen LogP contribution in [-0.4, -0.2) is 17.2 Å². The molecule has 1 heterocycles. The number of pyridine rings is 1. The molecular weight excluding hydrogens is 307 g/mol. The standard InChI is InChI=1S/C17H12F3NO2/c1-23-16-12-6-3-7-14(22)15(12)13(9-21-16)10-4-2-5-11(8-10)17(18,19)20/h2-9,22H,1H3. The molecule has 2 aromatic carbocycles. The molecule has 0 unspecified atom stereocenters. The Morgan fingerprint density at radius 1 is 1.09 bits per heavy atom. The van der Waals surface area contributed by atoms with Gasteiger partial charge in [-0.1, -0.05) is 18.2 Å². The highest BCUT2D eigenvalue weighted by Gasteiger charge is 2.30. The maximum Gasteiger partial charge on any atom is 0.416 e. The van der Waals surface area contributed by atoms with Gasteiger partial charge in [0.1, 0.15) is 5.75 Å². The van der Waals surface area contributed by atoms with Crippen molar-refractivity contribution in [3.05, 3.63) is 54.2 Å². The van der Waals surface area contributed by atoms with E-state index >= 15 is 0 Å². The van der Waals surface area contributed by atoms with Gasteiger partial charge in [-0.15, -0.1) is 0 Å². The number of nitrogens with zero attached hydrogens (tertiary/aromatic N) is 1. The second-order valence-electron chi connectivity index (χ2n) is 4.96. The smallest absolute Gasteiger partial charge is 0.416 e. The van der Waals surface area contributed by atoms with E-state index in [2.05, 4.69) is 4.98 Å². The molecule has 3 nitrogen and oxygen atoms in total. The van der Waals surface area contributed by atoms with Crippen LogP contribution < -0.4 is 4.74 Å². The third-order valence-corrected chi connectivity index (χ3v) is 3.55. The van der Waals surface area contributed by atoms with E-state index in [1.807, 2.05) is 0 Å². The summed E-state index contributed by atoms with van der Waals surface area (Å²) in [4.78, 5) is 4.12. The van der Waals surface area contributed by atoms with E-state index in [4.69, 9.17) is 4.74 Å². The van der Waals surface area contributed by atoms with Gasteiger partial charge in [0.2, 0.25) is 5.88 Å². The second-order valence-corrected chi connectivity index (χ2v) is 4.96. The van der Waals surface area contributed by atoms with Crippen LogP contribution in [0.25, 0.3) is 21.9 Å². The minimum absolute atomic E-state index is 0.0457. The minimum Gasteiger partial charge on any atom is -0.507 e. The van der Waals surface area contributed by atoms with Crippen molar-refractivity contribution in [2.24, 2.45) is 0 Å². The first-order valence-electron chi connectivity index (χ1n) is 6.74. The molecule has 0 aliphatic heterocycles. The lowest BCUT2D eigenvalue weighted by Crippen LogP contribution is -2.04. The normalized spacial score (nSPS) is 11.7. The van der Waals surface area contributed by atoms with Gasteiger partial charge in [0.25, 0.3) is 0 Å². The molecule has 1 aromatic heterocycles. The summed E-state index contributed by atoms with van der Waals surface area (Å²) in [5, 5.41) is 11.1. The van der Waals surface area contributed by atoms with Gasteiger partial charge < -0.3 is 9.84 Å². The first-order valence-corrected chi connectivity index (χ1v) is 6.74. The molecule has 0 amide bonds. The fourth-order valence-electron chi connectivity index (χ4n) is 2.50. The SMILES string of the molecule is COc1ncc(-c2cccc(C(F)(F)F)c2)c2c(O)cccc12. The van der Waals surface area contributed by atoms with Crippen LogP contribution >= 0.6 is 0 Å². The zero-order valence-electron chi connectivity index (χ0n) is 12.1. The predicted octanol–water partition coefficient (Wildman–Crippen LogP) is 4.63. The maximum absolute atomic E-state index is 12.9. The Bertz CT molecular complexity index is 875. The molecule has 0 aliphatic rings. The van der Waals surface area contributed by atoms with Crippen molar-refractivity contribution in [2.45, 2.75) is 6.18 Å². The Labute approximate surface area is 130 Å². The molecule has 0 fully saturated rings. The lowest BCUT2D eigenvalue weighted by Gasteiger charge is -2.13. The van der Waals surface area contributed by atoms with Crippen molar-refractivity contribution in [2.75, 3.05) is 7.11 Å². The van der Waals surface area contributed by atoms with E-state index in [-0.39, 0.29) is 5.75 Å². The first kappa shape index (κ1) is 15.1. The summed E-state index contributed by atoms with van der Waals surface area (Å²) >= 11 is 0. The van der Waals surface area contributed by atoms with Crippen molar-refractivity contribution in [3.8, 4) is 22.8 Å².